The molecular formula is C9H8F3IN2O3. The lowest BCUT2D eigenvalue weighted by molar-refractivity contribution is -0.275. The van der Waals surface area contributed by atoms with E-state index >= 15 is 0 Å². The molecule has 0 spiro atoms. The Labute approximate surface area is 113 Å². The molecule has 0 amide bonds. The van der Waals surface area contributed by atoms with Crippen molar-refractivity contribution < 1.29 is 27.8 Å². The molecule has 0 saturated heterocycles. The van der Waals surface area contributed by atoms with Gasteiger partial charge in [0.25, 0.3) is 0 Å². The van der Waals surface area contributed by atoms with Gasteiger partial charge in [0.2, 0.25) is 0 Å². The third kappa shape index (κ3) is 4.29. The van der Waals surface area contributed by atoms with Crippen LogP contribution in [0.4, 0.5) is 13.2 Å². The van der Waals surface area contributed by atoms with Gasteiger partial charge in [0, 0.05) is 18.2 Å². The Hall–Kier alpha value is -1.10. The normalized spacial score (nSPS) is 11.4. The summed E-state index contributed by atoms with van der Waals surface area (Å²) in [6.45, 7) is -0.173. The van der Waals surface area contributed by atoms with E-state index in [4.69, 9.17) is 10.8 Å². The number of hydrogen-bond acceptors (Lipinski definition) is 4. The maximum absolute atomic E-state index is 12.2. The lowest BCUT2D eigenvalue weighted by atomic mass is 10.1. The highest BCUT2D eigenvalue weighted by atomic mass is 127. The largest absolute Gasteiger partial charge is 0.573 e. The predicted molar refractivity (Wildman–Crippen MR) is 62.9 cm³/mol. The molecule has 0 aromatic carbocycles. The molecule has 0 unspecified atom stereocenters. The fraction of sp³-hybridized carbons (Fsp3) is 0.333. The number of alkyl halides is 3. The van der Waals surface area contributed by atoms with E-state index in [-0.39, 0.29) is 21.5 Å². The average Bonchev–Trinajstić information content (AvgIpc) is 2.18. The summed E-state index contributed by atoms with van der Waals surface area (Å²) in [5.41, 5.74) is 5.24. The molecule has 0 aliphatic heterocycles. The van der Waals surface area contributed by atoms with Crippen LogP contribution in [0, 0.1) is 3.70 Å². The molecule has 100 valence electrons. The Balaban J connectivity index is 3.27. The van der Waals surface area contributed by atoms with Crippen molar-refractivity contribution in [3.05, 3.63) is 21.0 Å². The first-order valence-corrected chi connectivity index (χ1v) is 5.66. The molecule has 3 N–H and O–H groups in total. The highest BCUT2D eigenvalue weighted by molar-refractivity contribution is 14.1. The standard InChI is InChI=1S/C9H8F3IN2O3/c10-9(11,12)18-6-2-7(13)15-5(3-14)4(6)1-8(16)17/h2H,1,3,14H2,(H,16,17). The monoisotopic (exact) mass is 376 g/mol. The van der Waals surface area contributed by atoms with Crippen LogP contribution >= 0.6 is 22.6 Å². The molecule has 0 bridgehead atoms. The van der Waals surface area contributed by atoms with Crippen LogP contribution in [0.2, 0.25) is 0 Å². The van der Waals surface area contributed by atoms with Gasteiger partial charge in [-0.05, 0) is 22.6 Å². The molecule has 0 fully saturated rings. The lowest BCUT2D eigenvalue weighted by Gasteiger charge is -2.15. The minimum atomic E-state index is -4.90. The second kappa shape index (κ2) is 5.69. The van der Waals surface area contributed by atoms with Gasteiger partial charge in [-0.1, -0.05) is 0 Å². The van der Waals surface area contributed by atoms with Gasteiger partial charge in [-0.3, -0.25) is 4.79 Å². The van der Waals surface area contributed by atoms with Crippen LogP contribution in [-0.2, 0) is 17.8 Å². The molecule has 0 aliphatic carbocycles. The van der Waals surface area contributed by atoms with Crippen LogP contribution < -0.4 is 10.5 Å². The fourth-order valence-corrected chi connectivity index (χ4v) is 1.87. The lowest BCUT2D eigenvalue weighted by Crippen LogP contribution is -2.20. The summed E-state index contributed by atoms with van der Waals surface area (Å²) in [6.07, 6.45) is -5.54. The summed E-state index contributed by atoms with van der Waals surface area (Å²) >= 11 is 1.69. The zero-order chi connectivity index (χ0) is 13.9. The summed E-state index contributed by atoms with van der Waals surface area (Å²) in [5.74, 6) is -1.87. The Kier molecular flexibility index (Phi) is 4.73. The molecule has 1 heterocycles. The first-order chi connectivity index (χ1) is 8.23. The van der Waals surface area contributed by atoms with Crippen molar-refractivity contribution in [3.63, 3.8) is 0 Å². The summed E-state index contributed by atoms with van der Waals surface area (Å²) in [6, 6.07) is 1.02. The molecular weight excluding hydrogens is 368 g/mol. The van der Waals surface area contributed by atoms with Crippen LogP contribution in [-0.4, -0.2) is 22.4 Å². The van der Waals surface area contributed by atoms with E-state index in [2.05, 4.69) is 9.72 Å². The first-order valence-electron chi connectivity index (χ1n) is 4.59. The number of ether oxygens (including phenoxy) is 1. The van der Waals surface area contributed by atoms with Crippen LogP contribution in [0.5, 0.6) is 5.75 Å². The Morgan fingerprint density at radius 3 is 2.61 bits per heavy atom. The number of rotatable bonds is 4. The van der Waals surface area contributed by atoms with E-state index < -0.39 is 24.5 Å². The number of aliphatic carboxylic acids is 1. The summed E-state index contributed by atoms with van der Waals surface area (Å²) in [5, 5.41) is 8.67. The average molecular weight is 376 g/mol. The van der Waals surface area contributed by atoms with Crippen molar-refractivity contribution in [3.8, 4) is 5.75 Å². The third-order valence-electron chi connectivity index (χ3n) is 1.88. The number of carboxylic acid groups (broad SMARTS) is 1. The van der Waals surface area contributed by atoms with Crippen molar-refractivity contribution in [2.24, 2.45) is 5.73 Å². The van der Waals surface area contributed by atoms with Gasteiger partial charge in [-0.15, -0.1) is 13.2 Å². The SMILES string of the molecule is NCc1nc(I)cc(OC(F)(F)F)c1CC(=O)O. The molecule has 18 heavy (non-hydrogen) atoms. The Morgan fingerprint density at radius 1 is 1.56 bits per heavy atom. The first kappa shape index (κ1) is 15.0. The Morgan fingerprint density at radius 2 is 2.17 bits per heavy atom. The number of carbonyl (C=O) groups is 1. The second-order valence-corrected chi connectivity index (χ2v) is 4.30. The van der Waals surface area contributed by atoms with Crippen molar-refractivity contribution >= 4 is 28.6 Å². The molecule has 0 atom stereocenters. The molecule has 9 heteroatoms. The minimum Gasteiger partial charge on any atom is -0.481 e. The second-order valence-electron chi connectivity index (χ2n) is 3.19. The van der Waals surface area contributed by atoms with Gasteiger partial charge in [0.15, 0.2) is 0 Å². The highest BCUT2D eigenvalue weighted by Gasteiger charge is 2.33. The molecule has 5 nitrogen and oxygen atoms in total. The molecule has 0 saturated carbocycles. The van der Waals surface area contributed by atoms with Gasteiger partial charge < -0.3 is 15.6 Å². The van der Waals surface area contributed by atoms with Gasteiger partial charge >= 0.3 is 12.3 Å². The van der Waals surface area contributed by atoms with Crippen LogP contribution in [0.1, 0.15) is 11.3 Å². The zero-order valence-corrected chi connectivity index (χ0v) is 10.9. The van der Waals surface area contributed by atoms with Gasteiger partial charge in [0.1, 0.15) is 9.45 Å². The summed E-state index contributed by atoms with van der Waals surface area (Å²) in [7, 11) is 0. The van der Waals surface area contributed by atoms with E-state index in [9.17, 15) is 18.0 Å². The smallest absolute Gasteiger partial charge is 0.481 e. The van der Waals surface area contributed by atoms with E-state index in [0.29, 0.717) is 0 Å². The molecule has 1 aromatic rings. The van der Waals surface area contributed by atoms with Crippen molar-refractivity contribution in [2.75, 3.05) is 0 Å². The predicted octanol–water partition coefficient (Wildman–Crippen LogP) is 1.67. The topological polar surface area (TPSA) is 85.4 Å². The molecule has 0 aliphatic rings. The summed E-state index contributed by atoms with van der Waals surface area (Å²) < 4.78 is 40.6. The number of hydrogen-bond donors (Lipinski definition) is 2. The fourth-order valence-electron chi connectivity index (χ4n) is 1.29. The van der Waals surface area contributed by atoms with E-state index in [1.807, 2.05) is 0 Å². The third-order valence-corrected chi connectivity index (χ3v) is 2.44. The zero-order valence-electron chi connectivity index (χ0n) is 8.79. The molecule has 1 rings (SSSR count). The number of halogens is 4. The van der Waals surface area contributed by atoms with Gasteiger partial charge in [0.05, 0.1) is 12.1 Å². The number of nitrogens with two attached hydrogens (primary N) is 1. The van der Waals surface area contributed by atoms with Crippen LogP contribution in [0.15, 0.2) is 6.07 Å². The molecule has 1 aromatic heterocycles. The van der Waals surface area contributed by atoms with E-state index in [1.54, 1.807) is 22.6 Å². The minimum absolute atomic E-state index is 0.0727. The number of nitrogens with zero attached hydrogens (tertiary/aromatic N) is 1. The number of aromatic nitrogens is 1. The van der Waals surface area contributed by atoms with Crippen LogP contribution in [0.3, 0.4) is 0 Å². The molecule has 0 radical (unpaired) electrons. The van der Waals surface area contributed by atoms with E-state index in [1.165, 1.54) is 0 Å². The number of pyridine rings is 1. The van der Waals surface area contributed by atoms with E-state index in [0.717, 1.165) is 6.07 Å². The highest BCUT2D eigenvalue weighted by Crippen LogP contribution is 2.29. The Bertz CT molecular complexity index is 465. The number of carboxylic acids is 1. The quantitative estimate of drug-likeness (QED) is 0.617. The maximum atomic E-state index is 12.2. The van der Waals surface area contributed by atoms with Gasteiger partial charge in [-0.2, -0.15) is 0 Å². The van der Waals surface area contributed by atoms with Crippen molar-refractivity contribution in [1.29, 1.82) is 0 Å². The van der Waals surface area contributed by atoms with Gasteiger partial charge in [-0.25, -0.2) is 4.98 Å². The van der Waals surface area contributed by atoms with Crippen molar-refractivity contribution in [2.45, 2.75) is 19.3 Å². The van der Waals surface area contributed by atoms with Crippen LogP contribution in [0.25, 0.3) is 0 Å². The maximum Gasteiger partial charge on any atom is 0.573 e. The summed E-state index contributed by atoms with van der Waals surface area (Å²) in [4.78, 5) is 14.5. The van der Waals surface area contributed by atoms with Crippen molar-refractivity contribution in [1.82, 2.24) is 4.98 Å².